The second-order valence-electron chi connectivity index (χ2n) is 6.41. The van der Waals surface area contributed by atoms with E-state index in [1.165, 1.54) is 11.1 Å². The van der Waals surface area contributed by atoms with Crippen LogP contribution < -0.4 is 0 Å². The molecule has 0 amide bonds. The predicted molar refractivity (Wildman–Crippen MR) is 106 cm³/mol. The molecule has 0 bridgehead atoms. The van der Waals surface area contributed by atoms with Crippen molar-refractivity contribution in [3.05, 3.63) is 90.0 Å². The molecule has 4 aromatic rings. The van der Waals surface area contributed by atoms with Gasteiger partial charge in [0.15, 0.2) is 17.5 Å². The Hall–Kier alpha value is -3.33. The standard InChI is InChI=1S/C23H19N3/c1-16-11-13-19(14-12-16)22-24-21(18-8-4-3-5-9-18)25-23(26-22)20-10-6-7-17(2)15-20/h3-15H,1-2H3. The van der Waals surface area contributed by atoms with Gasteiger partial charge in [-0.3, -0.25) is 0 Å². The third-order valence-corrected chi connectivity index (χ3v) is 4.25. The first-order valence-corrected chi connectivity index (χ1v) is 8.65. The summed E-state index contributed by atoms with van der Waals surface area (Å²) in [5, 5.41) is 0. The second kappa shape index (κ2) is 6.89. The molecule has 0 N–H and O–H groups in total. The maximum atomic E-state index is 4.75. The van der Waals surface area contributed by atoms with E-state index in [4.69, 9.17) is 15.0 Å². The van der Waals surface area contributed by atoms with E-state index in [9.17, 15) is 0 Å². The summed E-state index contributed by atoms with van der Waals surface area (Å²) in [4.78, 5) is 14.2. The van der Waals surface area contributed by atoms with Crippen LogP contribution in [0.5, 0.6) is 0 Å². The predicted octanol–water partition coefficient (Wildman–Crippen LogP) is 5.49. The van der Waals surface area contributed by atoms with Crippen LogP contribution in [0.1, 0.15) is 11.1 Å². The molecule has 3 aromatic carbocycles. The highest BCUT2D eigenvalue weighted by Crippen LogP contribution is 2.25. The average molecular weight is 337 g/mol. The van der Waals surface area contributed by atoms with Gasteiger partial charge in [-0.25, -0.2) is 15.0 Å². The molecule has 0 fully saturated rings. The SMILES string of the molecule is Cc1ccc(-c2nc(-c3ccccc3)nc(-c3cccc(C)c3)n2)cc1. The number of hydrogen-bond acceptors (Lipinski definition) is 3. The lowest BCUT2D eigenvalue weighted by Gasteiger charge is -2.09. The Morgan fingerprint density at radius 2 is 1.00 bits per heavy atom. The zero-order valence-electron chi connectivity index (χ0n) is 14.8. The van der Waals surface area contributed by atoms with Crippen LogP contribution >= 0.6 is 0 Å². The van der Waals surface area contributed by atoms with E-state index in [-0.39, 0.29) is 0 Å². The molecule has 126 valence electrons. The van der Waals surface area contributed by atoms with Crippen molar-refractivity contribution in [2.75, 3.05) is 0 Å². The normalized spacial score (nSPS) is 10.7. The van der Waals surface area contributed by atoms with Crippen LogP contribution in [0.3, 0.4) is 0 Å². The minimum atomic E-state index is 0.688. The van der Waals surface area contributed by atoms with Crippen molar-refractivity contribution in [3.63, 3.8) is 0 Å². The molecule has 4 rings (SSSR count). The Labute approximate surface area is 153 Å². The molecule has 0 aliphatic carbocycles. The van der Waals surface area contributed by atoms with Gasteiger partial charge in [-0.15, -0.1) is 0 Å². The van der Waals surface area contributed by atoms with Gasteiger partial charge < -0.3 is 0 Å². The van der Waals surface area contributed by atoms with Crippen LogP contribution in [0.4, 0.5) is 0 Å². The van der Waals surface area contributed by atoms with Crippen LogP contribution in [0, 0.1) is 13.8 Å². The second-order valence-corrected chi connectivity index (χ2v) is 6.41. The summed E-state index contributed by atoms with van der Waals surface area (Å²) in [6.07, 6.45) is 0. The van der Waals surface area contributed by atoms with E-state index in [0.717, 1.165) is 16.7 Å². The third-order valence-electron chi connectivity index (χ3n) is 4.25. The highest BCUT2D eigenvalue weighted by molar-refractivity contribution is 5.66. The van der Waals surface area contributed by atoms with Crippen LogP contribution in [0.2, 0.25) is 0 Å². The van der Waals surface area contributed by atoms with Gasteiger partial charge in [0.2, 0.25) is 0 Å². The lowest BCUT2D eigenvalue weighted by Crippen LogP contribution is -2.00. The summed E-state index contributed by atoms with van der Waals surface area (Å²) >= 11 is 0. The van der Waals surface area contributed by atoms with Crippen molar-refractivity contribution in [2.24, 2.45) is 0 Å². The Kier molecular flexibility index (Phi) is 4.28. The Morgan fingerprint density at radius 1 is 0.462 bits per heavy atom. The fourth-order valence-electron chi connectivity index (χ4n) is 2.84. The van der Waals surface area contributed by atoms with Gasteiger partial charge >= 0.3 is 0 Å². The molecule has 0 saturated carbocycles. The summed E-state index contributed by atoms with van der Waals surface area (Å²) in [6, 6.07) is 26.5. The maximum Gasteiger partial charge on any atom is 0.164 e. The topological polar surface area (TPSA) is 38.7 Å². The number of benzene rings is 3. The molecule has 0 saturated heterocycles. The fourth-order valence-corrected chi connectivity index (χ4v) is 2.84. The molecule has 0 aliphatic heterocycles. The molecular weight excluding hydrogens is 318 g/mol. The highest BCUT2D eigenvalue weighted by atomic mass is 15.0. The Bertz CT molecular complexity index is 1040. The van der Waals surface area contributed by atoms with Crippen molar-refractivity contribution in [1.82, 2.24) is 15.0 Å². The summed E-state index contributed by atoms with van der Waals surface area (Å²) in [5.74, 6) is 2.07. The molecule has 0 unspecified atom stereocenters. The first-order chi connectivity index (χ1) is 12.7. The van der Waals surface area contributed by atoms with Crippen LogP contribution in [-0.2, 0) is 0 Å². The van der Waals surface area contributed by atoms with Crippen LogP contribution in [0.15, 0.2) is 78.9 Å². The number of nitrogens with zero attached hydrogens (tertiary/aromatic N) is 3. The largest absolute Gasteiger partial charge is 0.208 e. The zero-order valence-corrected chi connectivity index (χ0v) is 14.8. The maximum absolute atomic E-state index is 4.75. The first kappa shape index (κ1) is 16.2. The molecule has 0 spiro atoms. The molecular formula is C23H19N3. The summed E-state index contributed by atoms with van der Waals surface area (Å²) in [6.45, 7) is 4.15. The molecule has 0 radical (unpaired) electrons. The van der Waals surface area contributed by atoms with Crippen molar-refractivity contribution >= 4 is 0 Å². The fraction of sp³-hybridized carbons (Fsp3) is 0.0870. The van der Waals surface area contributed by atoms with Gasteiger partial charge in [-0.05, 0) is 19.9 Å². The monoisotopic (exact) mass is 337 g/mol. The summed E-state index contributed by atoms with van der Waals surface area (Å²) < 4.78 is 0. The number of hydrogen-bond donors (Lipinski definition) is 0. The molecule has 1 aromatic heterocycles. The van der Waals surface area contributed by atoms with Gasteiger partial charge in [0.05, 0.1) is 0 Å². The molecule has 3 nitrogen and oxygen atoms in total. The molecule has 26 heavy (non-hydrogen) atoms. The molecule has 1 heterocycles. The quantitative estimate of drug-likeness (QED) is 0.496. The lowest BCUT2D eigenvalue weighted by atomic mass is 10.1. The van der Waals surface area contributed by atoms with Gasteiger partial charge in [0.25, 0.3) is 0 Å². The minimum absolute atomic E-state index is 0.688. The first-order valence-electron chi connectivity index (χ1n) is 8.65. The van der Waals surface area contributed by atoms with Gasteiger partial charge in [0, 0.05) is 16.7 Å². The van der Waals surface area contributed by atoms with E-state index in [1.807, 2.05) is 42.5 Å². The molecule has 0 aliphatic rings. The number of aryl methyl sites for hydroxylation is 2. The Morgan fingerprint density at radius 3 is 1.62 bits per heavy atom. The van der Waals surface area contributed by atoms with Gasteiger partial charge in [0.1, 0.15) is 0 Å². The Balaban J connectivity index is 1.91. The molecule has 3 heteroatoms. The third kappa shape index (κ3) is 3.38. The van der Waals surface area contributed by atoms with E-state index in [2.05, 4.69) is 50.2 Å². The van der Waals surface area contributed by atoms with Crippen LogP contribution in [0.25, 0.3) is 34.2 Å². The van der Waals surface area contributed by atoms with E-state index in [1.54, 1.807) is 0 Å². The zero-order chi connectivity index (χ0) is 17.9. The highest BCUT2D eigenvalue weighted by Gasteiger charge is 2.12. The smallest absolute Gasteiger partial charge is 0.164 e. The summed E-state index contributed by atoms with van der Waals surface area (Å²) in [7, 11) is 0. The van der Waals surface area contributed by atoms with E-state index >= 15 is 0 Å². The number of aromatic nitrogens is 3. The van der Waals surface area contributed by atoms with E-state index < -0.39 is 0 Å². The van der Waals surface area contributed by atoms with Crippen molar-refractivity contribution in [2.45, 2.75) is 13.8 Å². The van der Waals surface area contributed by atoms with Crippen molar-refractivity contribution in [3.8, 4) is 34.2 Å². The van der Waals surface area contributed by atoms with Crippen LogP contribution in [-0.4, -0.2) is 15.0 Å². The average Bonchev–Trinajstić information content (AvgIpc) is 2.69. The minimum Gasteiger partial charge on any atom is -0.208 e. The number of rotatable bonds is 3. The van der Waals surface area contributed by atoms with E-state index in [0.29, 0.717) is 17.5 Å². The van der Waals surface area contributed by atoms with Crippen molar-refractivity contribution in [1.29, 1.82) is 0 Å². The van der Waals surface area contributed by atoms with Crippen molar-refractivity contribution < 1.29 is 0 Å². The summed E-state index contributed by atoms with van der Waals surface area (Å²) in [5.41, 5.74) is 5.37. The van der Waals surface area contributed by atoms with Gasteiger partial charge in [-0.2, -0.15) is 0 Å². The lowest BCUT2D eigenvalue weighted by molar-refractivity contribution is 1.07. The molecule has 0 atom stereocenters. The van der Waals surface area contributed by atoms with Gasteiger partial charge in [-0.1, -0.05) is 83.9 Å².